The molecule has 5 nitrogen and oxygen atoms in total. The number of hydrogen-bond donors (Lipinski definition) is 1. The van der Waals surface area contributed by atoms with E-state index < -0.39 is 0 Å². The van der Waals surface area contributed by atoms with E-state index in [0.29, 0.717) is 23.7 Å². The highest BCUT2D eigenvalue weighted by atomic mass is 19.1. The van der Waals surface area contributed by atoms with Gasteiger partial charge in [0, 0.05) is 29.5 Å². The topological polar surface area (TPSA) is 68.0 Å². The summed E-state index contributed by atoms with van der Waals surface area (Å²) < 4.78 is 18.5. The lowest BCUT2D eigenvalue weighted by atomic mass is 10.1. The van der Waals surface area contributed by atoms with Crippen LogP contribution in [0.4, 0.5) is 10.1 Å². The standard InChI is InChI=1S/C21H16FN3O2/c22-16-8-3-7-15(13-16)21-24-20(27-25-21)12-11-19(26)23-18-10-4-6-14-5-1-2-9-17(14)18/h1-10,13H,11-12H2,(H,23,26). The van der Waals surface area contributed by atoms with Crippen molar-refractivity contribution < 1.29 is 13.7 Å². The molecule has 0 saturated carbocycles. The first-order chi connectivity index (χ1) is 13.2. The number of nitrogens with zero attached hydrogens (tertiary/aromatic N) is 2. The summed E-state index contributed by atoms with van der Waals surface area (Å²) in [7, 11) is 0. The fourth-order valence-electron chi connectivity index (χ4n) is 2.87. The first-order valence-electron chi connectivity index (χ1n) is 8.55. The van der Waals surface area contributed by atoms with Crippen molar-refractivity contribution >= 4 is 22.4 Å². The molecule has 1 amide bonds. The first kappa shape index (κ1) is 16.9. The summed E-state index contributed by atoms with van der Waals surface area (Å²) in [4.78, 5) is 16.5. The highest BCUT2D eigenvalue weighted by Gasteiger charge is 2.12. The van der Waals surface area contributed by atoms with Gasteiger partial charge in [-0.1, -0.05) is 53.7 Å². The fourth-order valence-corrected chi connectivity index (χ4v) is 2.87. The zero-order chi connectivity index (χ0) is 18.6. The molecule has 27 heavy (non-hydrogen) atoms. The maximum Gasteiger partial charge on any atom is 0.227 e. The number of carbonyl (C=O) groups excluding carboxylic acids is 1. The van der Waals surface area contributed by atoms with Crippen LogP contribution in [0.5, 0.6) is 0 Å². The number of benzene rings is 3. The number of aryl methyl sites for hydroxylation is 1. The maximum absolute atomic E-state index is 13.3. The second-order valence-electron chi connectivity index (χ2n) is 6.10. The molecule has 0 aliphatic heterocycles. The summed E-state index contributed by atoms with van der Waals surface area (Å²) in [5.74, 6) is 0.131. The quantitative estimate of drug-likeness (QED) is 0.564. The van der Waals surface area contributed by atoms with Gasteiger partial charge in [-0.25, -0.2) is 4.39 Å². The number of nitrogens with one attached hydrogen (secondary N) is 1. The van der Waals surface area contributed by atoms with Crippen LogP contribution in [0.25, 0.3) is 22.2 Å². The number of carbonyl (C=O) groups is 1. The number of rotatable bonds is 5. The molecule has 0 spiro atoms. The van der Waals surface area contributed by atoms with Crippen LogP contribution >= 0.6 is 0 Å². The Hall–Kier alpha value is -3.54. The first-order valence-corrected chi connectivity index (χ1v) is 8.55. The highest BCUT2D eigenvalue weighted by Crippen LogP contribution is 2.23. The molecule has 0 fully saturated rings. The van der Waals surface area contributed by atoms with Gasteiger partial charge in [-0.2, -0.15) is 4.98 Å². The average molecular weight is 361 g/mol. The molecule has 1 aromatic heterocycles. The molecule has 0 atom stereocenters. The smallest absolute Gasteiger partial charge is 0.227 e. The van der Waals surface area contributed by atoms with E-state index in [9.17, 15) is 9.18 Å². The van der Waals surface area contributed by atoms with Gasteiger partial charge in [0.25, 0.3) is 0 Å². The number of fused-ring (bicyclic) bond motifs is 1. The van der Waals surface area contributed by atoms with Crippen molar-refractivity contribution in [2.24, 2.45) is 0 Å². The molecule has 0 saturated heterocycles. The molecule has 1 N–H and O–H groups in total. The van der Waals surface area contributed by atoms with Crippen molar-refractivity contribution in [3.8, 4) is 11.4 Å². The predicted octanol–water partition coefficient (Wildman–Crippen LogP) is 4.60. The Morgan fingerprint density at radius 3 is 2.74 bits per heavy atom. The van der Waals surface area contributed by atoms with Crippen molar-refractivity contribution in [3.05, 3.63) is 78.4 Å². The molecular formula is C21H16FN3O2. The summed E-state index contributed by atoms with van der Waals surface area (Å²) in [5.41, 5.74) is 1.30. The number of anilines is 1. The third kappa shape index (κ3) is 3.84. The zero-order valence-electron chi connectivity index (χ0n) is 14.4. The largest absolute Gasteiger partial charge is 0.339 e. The summed E-state index contributed by atoms with van der Waals surface area (Å²) in [6.07, 6.45) is 0.507. The van der Waals surface area contributed by atoms with Crippen LogP contribution in [-0.4, -0.2) is 16.0 Å². The molecule has 3 aromatic carbocycles. The minimum atomic E-state index is -0.367. The molecule has 6 heteroatoms. The molecule has 0 bridgehead atoms. The lowest BCUT2D eigenvalue weighted by molar-refractivity contribution is -0.116. The van der Waals surface area contributed by atoms with Crippen LogP contribution in [0.1, 0.15) is 12.3 Å². The van der Waals surface area contributed by atoms with E-state index in [1.165, 1.54) is 12.1 Å². The molecule has 1 heterocycles. The van der Waals surface area contributed by atoms with Crippen LogP contribution in [0.3, 0.4) is 0 Å². The highest BCUT2D eigenvalue weighted by molar-refractivity contribution is 6.02. The summed E-state index contributed by atoms with van der Waals surface area (Å²) in [5, 5.41) is 8.82. The molecule has 4 rings (SSSR count). The molecule has 134 valence electrons. The third-order valence-electron chi connectivity index (χ3n) is 4.18. The van der Waals surface area contributed by atoms with E-state index >= 15 is 0 Å². The average Bonchev–Trinajstić information content (AvgIpc) is 3.16. The predicted molar refractivity (Wildman–Crippen MR) is 101 cm³/mol. The van der Waals surface area contributed by atoms with Gasteiger partial charge in [0.1, 0.15) is 5.82 Å². The van der Waals surface area contributed by atoms with Crippen LogP contribution in [0.15, 0.2) is 71.3 Å². The summed E-state index contributed by atoms with van der Waals surface area (Å²) in [6, 6.07) is 19.6. The molecule has 0 radical (unpaired) electrons. The van der Waals surface area contributed by atoms with Crippen molar-refractivity contribution in [1.29, 1.82) is 0 Å². The van der Waals surface area contributed by atoms with E-state index in [1.54, 1.807) is 12.1 Å². The van der Waals surface area contributed by atoms with Crippen LogP contribution < -0.4 is 5.32 Å². The Balaban J connectivity index is 1.41. The summed E-state index contributed by atoms with van der Waals surface area (Å²) >= 11 is 0. The van der Waals surface area contributed by atoms with Gasteiger partial charge in [0.05, 0.1) is 0 Å². The number of halogens is 1. The number of hydrogen-bond acceptors (Lipinski definition) is 4. The van der Waals surface area contributed by atoms with Crippen molar-refractivity contribution in [2.45, 2.75) is 12.8 Å². The van der Waals surface area contributed by atoms with Crippen LogP contribution in [0, 0.1) is 5.82 Å². The Morgan fingerprint density at radius 2 is 1.85 bits per heavy atom. The molecule has 0 unspecified atom stereocenters. The molecule has 0 aliphatic carbocycles. The van der Waals surface area contributed by atoms with Gasteiger partial charge in [-0.3, -0.25) is 4.79 Å². The van der Waals surface area contributed by atoms with Gasteiger partial charge >= 0.3 is 0 Å². The van der Waals surface area contributed by atoms with E-state index in [0.717, 1.165) is 16.5 Å². The number of amides is 1. The van der Waals surface area contributed by atoms with Crippen LogP contribution in [0.2, 0.25) is 0 Å². The van der Waals surface area contributed by atoms with Crippen molar-refractivity contribution in [3.63, 3.8) is 0 Å². The molecule has 4 aromatic rings. The Kier molecular flexibility index (Phi) is 4.61. The van der Waals surface area contributed by atoms with E-state index in [2.05, 4.69) is 15.5 Å². The second kappa shape index (κ2) is 7.37. The minimum Gasteiger partial charge on any atom is -0.339 e. The Labute approximate surface area is 154 Å². The second-order valence-corrected chi connectivity index (χ2v) is 6.10. The Bertz CT molecular complexity index is 1100. The van der Waals surface area contributed by atoms with E-state index in [1.807, 2.05) is 42.5 Å². The van der Waals surface area contributed by atoms with Gasteiger partial charge in [0.15, 0.2) is 0 Å². The SMILES string of the molecule is O=C(CCc1nc(-c2cccc(F)c2)no1)Nc1cccc2ccccc12. The van der Waals surface area contributed by atoms with Crippen molar-refractivity contribution in [1.82, 2.24) is 10.1 Å². The zero-order valence-corrected chi connectivity index (χ0v) is 14.4. The van der Waals surface area contributed by atoms with Crippen LogP contribution in [-0.2, 0) is 11.2 Å². The monoisotopic (exact) mass is 361 g/mol. The van der Waals surface area contributed by atoms with Gasteiger partial charge in [0.2, 0.25) is 17.6 Å². The van der Waals surface area contributed by atoms with Gasteiger partial charge in [-0.15, -0.1) is 0 Å². The normalized spacial score (nSPS) is 10.9. The number of aromatic nitrogens is 2. The minimum absolute atomic E-state index is 0.142. The molecule has 0 aliphatic rings. The van der Waals surface area contributed by atoms with E-state index in [4.69, 9.17) is 4.52 Å². The fraction of sp³-hybridized carbons (Fsp3) is 0.0952. The van der Waals surface area contributed by atoms with Gasteiger partial charge < -0.3 is 9.84 Å². The van der Waals surface area contributed by atoms with Crippen molar-refractivity contribution in [2.75, 3.05) is 5.32 Å². The lowest BCUT2D eigenvalue weighted by Crippen LogP contribution is -2.12. The maximum atomic E-state index is 13.3. The molecular weight excluding hydrogens is 345 g/mol. The van der Waals surface area contributed by atoms with E-state index in [-0.39, 0.29) is 18.1 Å². The van der Waals surface area contributed by atoms with Gasteiger partial charge in [-0.05, 0) is 23.6 Å². The summed E-state index contributed by atoms with van der Waals surface area (Å²) in [6.45, 7) is 0. The Morgan fingerprint density at radius 1 is 1.04 bits per heavy atom. The lowest BCUT2D eigenvalue weighted by Gasteiger charge is -2.08. The third-order valence-corrected chi connectivity index (χ3v) is 4.18.